The SMILES string of the molecule is CC(NC1CCCC1n1ccnc1)c1ccccc1O. The van der Waals surface area contributed by atoms with Crippen LogP contribution in [0.2, 0.25) is 0 Å². The van der Waals surface area contributed by atoms with E-state index in [0.29, 0.717) is 17.8 Å². The standard InChI is InChI=1S/C16H21N3O/c1-12(13-5-2-3-8-16(13)20)18-14-6-4-7-15(14)19-10-9-17-11-19/h2-3,5,8-12,14-15,18,20H,4,6-7H2,1H3. The van der Waals surface area contributed by atoms with Gasteiger partial charge in [-0.3, -0.25) is 0 Å². The van der Waals surface area contributed by atoms with Gasteiger partial charge < -0.3 is 15.0 Å². The molecular weight excluding hydrogens is 250 g/mol. The summed E-state index contributed by atoms with van der Waals surface area (Å²) in [7, 11) is 0. The summed E-state index contributed by atoms with van der Waals surface area (Å²) in [5, 5.41) is 13.6. The zero-order valence-electron chi connectivity index (χ0n) is 11.7. The lowest BCUT2D eigenvalue weighted by Crippen LogP contribution is -2.35. The van der Waals surface area contributed by atoms with Gasteiger partial charge in [0.2, 0.25) is 0 Å². The number of hydrogen-bond acceptors (Lipinski definition) is 3. The number of benzene rings is 1. The van der Waals surface area contributed by atoms with Gasteiger partial charge in [-0.05, 0) is 32.3 Å². The molecule has 0 spiro atoms. The highest BCUT2D eigenvalue weighted by atomic mass is 16.3. The number of rotatable bonds is 4. The van der Waals surface area contributed by atoms with Crippen LogP contribution >= 0.6 is 0 Å². The maximum absolute atomic E-state index is 9.95. The van der Waals surface area contributed by atoms with Gasteiger partial charge in [0.05, 0.1) is 6.33 Å². The van der Waals surface area contributed by atoms with E-state index in [9.17, 15) is 5.11 Å². The topological polar surface area (TPSA) is 50.1 Å². The smallest absolute Gasteiger partial charge is 0.120 e. The number of nitrogens with one attached hydrogen (secondary N) is 1. The number of hydrogen-bond donors (Lipinski definition) is 2. The van der Waals surface area contributed by atoms with Crippen LogP contribution in [0, 0.1) is 0 Å². The Morgan fingerprint density at radius 3 is 2.95 bits per heavy atom. The first-order valence-corrected chi connectivity index (χ1v) is 7.27. The number of aromatic nitrogens is 2. The molecule has 1 aliphatic carbocycles. The third-order valence-electron chi connectivity index (χ3n) is 4.25. The van der Waals surface area contributed by atoms with E-state index in [1.807, 2.05) is 36.9 Å². The minimum Gasteiger partial charge on any atom is -0.508 e. The maximum atomic E-state index is 9.95. The minimum absolute atomic E-state index is 0.144. The summed E-state index contributed by atoms with van der Waals surface area (Å²) < 4.78 is 2.20. The van der Waals surface area contributed by atoms with Crippen molar-refractivity contribution >= 4 is 0 Å². The second kappa shape index (κ2) is 5.67. The zero-order valence-corrected chi connectivity index (χ0v) is 11.7. The van der Waals surface area contributed by atoms with Crippen LogP contribution in [0.5, 0.6) is 5.75 Å². The summed E-state index contributed by atoms with van der Waals surface area (Å²) in [6.45, 7) is 2.11. The number of nitrogens with zero attached hydrogens (tertiary/aromatic N) is 2. The highest BCUT2D eigenvalue weighted by molar-refractivity contribution is 5.34. The Labute approximate surface area is 119 Å². The van der Waals surface area contributed by atoms with Crippen LogP contribution in [-0.4, -0.2) is 20.7 Å². The predicted octanol–water partition coefficient (Wildman–Crippen LogP) is 3.03. The van der Waals surface area contributed by atoms with Crippen molar-refractivity contribution in [3.05, 3.63) is 48.5 Å². The van der Waals surface area contributed by atoms with E-state index >= 15 is 0 Å². The maximum Gasteiger partial charge on any atom is 0.120 e. The average molecular weight is 271 g/mol. The van der Waals surface area contributed by atoms with Crippen molar-refractivity contribution < 1.29 is 5.11 Å². The predicted molar refractivity (Wildman–Crippen MR) is 78.6 cm³/mol. The van der Waals surface area contributed by atoms with Gasteiger partial charge in [-0.1, -0.05) is 18.2 Å². The molecular formula is C16H21N3O. The molecule has 4 nitrogen and oxygen atoms in total. The van der Waals surface area contributed by atoms with Crippen LogP contribution < -0.4 is 5.32 Å². The first kappa shape index (κ1) is 13.2. The molecule has 0 radical (unpaired) electrons. The van der Waals surface area contributed by atoms with Crippen LogP contribution in [0.1, 0.15) is 43.8 Å². The highest BCUT2D eigenvalue weighted by Crippen LogP contribution is 2.32. The summed E-state index contributed by atoms with van der Waals surface area (Å²) >= 11 is 0. The van der Waals surface area contributed by atoms with E-state index in [2.05, 4.69) is 21.8 Å². The van der Waals surface area contributed by atoms with Gasteiger partial charge in [-0.15, -0.1) is 0 Å². The van der Waals surface area contributed by atoms with E-state index in [1.165, 1.54) is 19.3 Å². The summed E-state index contributed by atoms with van der Waals surface area (Å²) in [6.07, 6.45) is 9.35. The lowest BCUT2D eigenvalue weighted by Gasteiger charge is -2.26. The Balaban J connectivity index is 1.72. The van der Waals surface area contributed by atoms with E-state index in [0.717, 1.165) is 5.56 Å². The number of imidazole rings is 1. The van der Waals surface area contributed by atoms with Gasteiger partial charge in [0, 0.05) is 36.1 Å². The van der Waals surface area contributed by atoms with Gasteiger partial charge in [0.25, 0.3) is 0 Å². The quantitative estimate of drug-likeness (QED) is 0.898. The minimum atomic E-state index is 0.144. The molecule has 1 heterocycles. The van der Waals surface area contributed by atoms with Gasteiger partial charge in [0.1, 0.15) is 5.75 Å². The molecule has 106 valence electrons. The molecule has 2 N–H and O–H groups in total. The monoisotopic (exact) mass is 271 g/mol. The van der Waals surface area contributed by atoms with Gasteiger partial charge >= 0.3 is 0 Å². The molecule has 1 saturated carbocycles. The van der Waals surface area contributed by atoms with Crippen LogP contribution in [0.3, 0.4) is 0 Å². The number of aromatic hydroxyl groups is 1. The van der Waals surface area contributed by atoms with Crippen molar-refractivity contribution in [3.8, 4) is 5.75 Å². The second-order valence-corrected chi connectivity index (χ2v) is 5.56. The Morgan fingerprint density at radius 2 is 2.20 bits per heavy atom. The fourth-order valence-electron chi connectivity index (χ4n) is 3.22. The molecule has 0 amide bonds. The van der Waals surface area contributed by atoms with Gasteiger partial charge in [-0.25, -0.2) is 4.98 Å². The third kappa shape index (κ3) is 2.56. The van der Waals surface area contributed by atoms with E-state index < -0.39 is 0 Å². The third-order valence-corrected chi connectivity index (χ3v) is 4.25. The van der Waals surface area contributed by atoms with E-state index in [1.54, 1.807) is 6.07 Å². The Bertz CT molecular complexity index is 553. The highest BCUT2D eigenvalue weighted by Gasteiger charge is 2.29. The molecule has 4 heteroatoms. The van der Waals surface area contributed by atoms with Crippen LogP contribution in [0.4, 0.5) is 0 Å². The van der Waals surface area contributed by atoms with Gasteiger partial charge in [-0.2, -0.15) is 0 Å². The molecule has 3 unspecified atom stereocenters. The summed E-state index contributed by atoms with van der Waals surface area (Å²) in [4.78, 5) is 4.15. The molecule has 0 bridgehead atoms. The Morgan fingerprint density at radius 1 is 1.35 bits per heavy atom. The Hall–Kier alpha value is -1.81. The van der Waals surface area contributed by atoms with Crippen molar-refractivity contribution in [2.75, 3.05) is 0 Å². The Kier molecular flexibility index (Phi) is 3.74. The first-order chi connectivity index (χ1) is 9.75. The normalized spacial score (nSPS) is 23.9. The first-order valence-electron chi connectivity index (χ1n) is 7.27. The molecule has 1 aliphatic rings. The largest absolute Gasteiger partial charge is 0.508 e. The molecule has 0 saturated heterocycles. The molecule has 0 aliphatic heterocycles. The molecule has 20 heavy (non-hydrogen) atoms. The fourth-order valence-corrected chi connectivity index (χ4v) is 3.22. The van der Waals surface area contributed by atoms with E-state index in [4.69, 9.17) is 0 Å². The lowest BCUT2D eigenvalue weighted by molar-refractivity contribution is 0.356. The number of phenols is 1. The molecule has 3 rings (SSSR count). The van der Waals surface area contributed by atoms with E-state index in [-0.39, 0.29) is 6.04 Å². The average Bonchev–Trinajstić information content (AvgIpc) is 3.09. The molecule has 1 aromatic carbocycles. The zero-order chi connectivity index (χ0) is 13.9. The summed E-state index contributed by atoms with van der Waals surface area (Å²) in [5.74, 6) is 0.365. The second-order valence-electron chi connectivity index (χ2n) is 5.56. The lowest BCUT2D eigenvalue weighted by atomic mass is 10.0. The molecule has 1 aromatic heterocycles. The van der Waals surface area contributed by atoms with Crippen LogP contribution in [-0.2, 0) is 0 Å². The van der Waals surface area contributed by atoms with Crippen LogP contribution in [0.25, 0.3) is 0 Å². The van der Waals surface area contributed by atoms with Crippen molar-refractivity contribution in [1.82, 2.24) is 14.9 Å². The van der Waals surface area contributed by atoms with Crippen molar-refractivity contribution in [1.29, 1.82) is 0 Å². The van der Waals surface area contributed by atoms with Crippen LogP contribution in [0.15, 0.2) is 43.0 Å². The number of phenolic OH excluding ortho intramolecular Hbond substituents is 1. The number of para-hydroxylation sites is 1. The summed E-state index contributed by atoms with van der Waals surface area (Å²) in [6, 6.07) is 8.59. The molecule has 3 atom stereocenters. The van der Waals surface area contributed by atoms with Gasteiger partial charge in [0.15, 0.2) is 0 Å². The summed E-state index contributed by atoms with van der Waals surface area (Å²) in [5.41, 5.74) is 0.962. The van der Waals surface area contributed by atoms with Crippen molar-refractivity contribution in [2.45, 2.75) is 44.3 Å². The fraction of sp³-hybridized carbons (Fsp3) is 0.438. The molecule has 2 aromatic rings. The molecule has 1 fully saturated rings. The van der Waals surface area contributed by atoms with Crippen molar-refractivity contribution in [2.24, 2.45) is 0 Å². The van der Waals surface area contributed by atoms with Crippen molar-refractivity contribution in [3.63, 3.8) is 0 Å².